The van der Waals surface area contributed by atoms with Gasteiger partial charge in [0.1, 0.15) is 5.82 Å². The second kappa shape index (κ2) is 12.0. The van der Waals surface area contributed by atoms with Gasteiger partial charge in [-0.25, -0.2) is 9.07 Å². The van der Waals surface area contributed by atoms with E-state index in [0.29, 0.717) is 26.4 Å². The van der Waals surface area contributed by atoms with Gasteiger partial charge in [-0.05, 0) is 36.8 Å². The molecule has 0 saturated heterocycles. The third kappa shape index (κ3) is 7.76. The molecule has 0 amide bonds. The number of nitrogens with zero attached hydrogens (tertiary/aromatic N) is 3. The summed E-state index contributed by atoms with van der Waals surface area (Å²) in [5.41, 5.74) is 1.79. The molecule has 148 valence electrons. The molecular weight excluding hydrogens is 349 g/mol. The molecule has 7 nitrogen and oxygen atoms in total. The Morgan fingerprint density at radius 2 is 1.89 bits per heavy atom. The van der Waals surface area contributed by atoms with Crippen molar-refractivity contribution < 1.29 is 13.9 Å². The first-order valence-corrected chi connectivity index (χ1v) is 9.04. The average Bonchev–Trinajstić information content (AvgIpc) is 3.15. The largest absolute Gasteiger partial charge is 0.382 e. The Morgan fingerprint density at radius 1 is 1.11 bits per heavy atom. The molecule has 1 heterocycles. The standard InChI is InChI=1S/C19H28FN5O2/c1-21-19(22-10-3-13-27-15-14-26-2)23-11-8-17-9-12-25(24-17)18-6-4-16(20)5-7-18/h4-7,9,12H,3,8,10-11,13-15H2,1-2H3,(H2,21,22,23). The fourth-order valence-corrected chi connectivity index (χ4v) is 2.39. The van der Waals surface area contributed by atoms with Crippen LogP contribution >= 0.6 is 0 Å². The van der Waals surface area contributed by atoms with Gasteiger partial charge in [0.05, 0.1) is 24.6 Å². The van der Waals surface area contributed by atoms with E-state index in [4.69, 9.17) is 9.47 Å². The van der Waals surface area contributed by atoms with Crippen molar-refractivity contribution in [1.82, 2.24) is 20.4 Å². The van der Waals surface area contributed by atoms with E-state index in [1.807, 2.05) is 12.3 Å². The molecule has 0 atom stereocenters. The predicted octanol–water partition coefficient (Wildman–Crippen LogP) is 1.77. The Bertz CT molecular complexity index is 688. The SMILES string of the molecule is CN=C(NCCCOCCOC)NCCc1ccn(-c2ccc(F)cc2)n1. The number of methoxy groups -OCH3 is 1. The van der Waals surface area contributed by atoms with Gasteiger partial charge in [-0.2, -0.15) is 5.10 Å². The monoisotopic (exact) mass is 377 g/mol. The minimum absolute atomic E-state index is 0.254. The van der Waals surface area contributed by atoms with E-state index in [1.165, 1.54) is 12.1 Å². The van der Waals surface area contributed by atoms with Gasteiger partial charge in [0.2, 0.25) is 0 Å². The molecule has 2 aromatic rings. The van der Waals surface area contributed by atoms with Crippen molar-refractivity contribution in [3.8, 4) is 5.69 Å². The number of aliphatic imine (C=N–C) groups is 1. The zero-order valence-electron chi connectivity index (χ0n) is 15.9. The summed E-state index contributed by atoms with van der Waals surface area (Å²) in [5.74, 6) is 0.501. The topological polar surface area (TPSA) is 72.7 Å². The maximum atomic E-state index is 13.0. The lowest BCUT2D eigenvalue weighted by atomic mass is 10.3. The van der Waals surface area contributed by atoms with Crippen LogP contribution in [0.5, 0.6) is 0 Å². The minimum atomic E-state index is -0.254. The van der Waals surface area contributed by atoms with Crippen molar-refractivity contribution in [2.45, 2.75) is 12.8 Å². The van der Waals surface area contributed by atoms with Crippen molar-refractivity contribution >= 4 is 5.96 Å². The van der Waals surface area contributed by atoms with E-state index < -0.39 is 0 Å². The number of guanidine groups is 1. The molecule has 1 aromatic carbocycles. The Labute approximate surface area is 159 Å². The number of ether oxygens (including phenoxy) is 2. The highest BCUT2D eigenvalue weighted by Crippen LogP contribution is 2.09. The number of hydrogen-bond donors (Lipinski definition) is 2. The maximum Gasteiger partial charge on any atom is 0.190 e. The quantitative estimate of drug-likeness (QED) is 0.355. The molecule has 0 aliphatic heterocycles. The van der Waals surface area contributed by atoms with Gasteiger partial charge >= 0.3 is 0 Å². The van der Waals surface area contributed by atoms with Gasteiger partial charge in [-0.3, -0.25) is 4.99 Å². The molecule has 0 saturated carbocycles. The average molecular weight is 377 g/mol. The van der Waals surface area contributed by atoms with Crippen LogP contribution in [0.2, 0.25) is 0 Å². The summed E-state index contributed by atoms with van der Waals surface area (Å²) in [6.07, 6.45) is 3.53. The zero-order chi connectivity index (χ0) is 19.3. The van der Waals surface area contributed by atoms with Gasteiger partial charge in [0, 0.05) is 46.5 Å². The number of hydrogen-bond acceptors (Lipinski definition) is 4. The lowest BCUT2D eigenvalue weighted by Crippen LogP contribution is -2.39. The van der Waals surface area contributed by atoms with Crippen molar-refractivity contribution in [2.75, 3.05) is 47.1 Å². The molecule has 0 radical (unpaired) electrons. The van der Waals surface area contributed by atoms with Crippen LogP contribution in [0.15, 0.2) is 41.5 Å². The first-order chi connectivity index (χ1) is 13.2. The Hall–Kier alpha value is -2.45. The summed E-state index contributed by atoms with van der Waals surface area (Å²) in [5, 5.41) is 11.0. The fraction of sp³-hybridized carbons (Fsp3) is 0.474. The van der Waals surface area contributed by atoms with Crippen LogP contribution in [0.1, 0.15) is 12.1 Å². The van der Waals surface area contributed by atoms with Crippen LogP contribution in [-0.2, 0) is 15.9 Å². The minimum Gasteiger partial charge on any atom is -0.382 e. The third-order valence-electron chi connectivity index (χ3n) is 3.82. The van der Waals surface area contributed by atoms with Gasteiger partial charge in [0.15, 0.2) is 5.96 Å². The summed E-state index contributed by atoms with van der Waals surface area (Å²) in [7, 11) is 3.40. The van der Waals surface area contributed by atoms with E-state index in [1.54, 1.807) is 31.0 Å². The van der Waals surface area contributed by atoms with Crippen LogP contribution < -0.4 is 10.6 Å². The number of rotatable bonds is 11. The summed E-state index contributed by atoms with van der Waals surface area (Å²) < 4.78 is 25.1. The smallest absolute Gasteiger partial charge is 0.190 e. The first kappa shape index (κ1) is 20.9. The van der Waals surface area contributed by atoms with Crippen molar-refractivity contribution in [2.24, 2.45) is 4.99 Å². The number of nitrogens with one attached hydrogen (secondary N) is 2. The van der Waals surface area contributed by atoms with E-state index in [9.17, 15) is 4.39 Å². The first-order valence-electron chi connectivity index (χ1n) is 9.04. The van der Waals surface area contributed by atoms with Crippen LogP contribution in [0.3, 0.4) is 0 Å². The number of halogens is 1. The molecule has 0 unspecified atom stereocenters. The van der Waals surface area contributed by atoms with E-state index in [0.717, 1.165) is 36.7 Å². The molecule has 2 N–H and O–H groups in total. The van der Waals surface area contributed by atoms with Crippen LogP contribution in [0.25, 0.3) is 5.69 Å². The summed E-state index contributed by atoms with van der Waals surface area (Å²) in [4.78, 5) is 4.20. The molecule has 0 aliphatic rings. The summed E-state index contributed by atoms with van der Waals surface area (Å²) in [6.45, 7) is 3.42. The van der Waals surface area contributed by atoms with Gasteiger partial charge in [-0.15, -0.1) is 0 Å². The van der Waals surface area contributed by atoms with Crippen LogP contribution in [0.4, 0.5) is 4.39 Å². The van der Waals surface area contributed by atoms with E-state index in [-0.39, 0.29) is 5.82 Å². The molecule has 0 fully saturated rings. The van der Waals surface area contributed by atoms with Gasteiger partial charge in [-0.1, -0.05) is 0 Å². The van der Waals surface area contributed by atoms with Crippen molar-refractivity contribution in [3.63, 3.8) is 0 Å². The Kier molecular flexibility index (Phi) is 9.29. The molecule has 1 aromatic heterocycles. The molecule has 8 heteroatoms. The zero-order valence-corrected chi connectivity index (χ0v) is 15.9. The molecule has 0 spiro atoms. The molecule has 27 heavy (non-hydrogen) atoms. The number of benzene rings is 1. The van der Waals surface area contributed by atoms with Crippen LogP contribution in [-0.4, -0.2) is 62.8 Å². The number of aromatic nitrogens is 2. The van der Waals surface area contributed by atoms with Crippen LogP contribution in [0, 0.1) is 5.82 Å². The second-order valence-electron chi connectivity index (χ2n) is 5.86. The third-order valence-corrected chi connectivity index (χ3v) is 3.82. The van der Waals surface area contributed by atoms with E-state index >= 15 is 0 Å². The Morgan fingerprint density at radius 3 is 2.63 bits per heavy atom. The lowest BCUT2D eigenvalue weighted by Gasteiger charge is -2.11. The highest BCUT2D eigenvalue weighted by molar-refractivity contribution is 5.79. The van der Waals surface area contributed by atoms with Crippen molar-refractivity contribution in [3.05, 3.63) is 48.0 Å². The molecule has 0 bridgehead atoms. The van der Waals surface area contributed by atoms with Gasteiger partial charge < -0.3 is 20.1 Å². The summed E-state index contributed by atoms with van der Waals surface area (Å²) in [6, 6.07) is 8.22. The highest BCUT2D eigenvalue weighted by atomic mass is 19.1. The van der Waals surface area contributed by atoms with Gasteiger partial charge in [0.25, 0.3) is 0 Å². The van der Waals surface area contributed by atoms with E-state index in [2.05, 4.69) is 20.7 Å². The second-order valence-corrected chi connectivity index (χ2v) is 5.86. The highest BCUT2D eigenvalue weighted by Gasteiger charge is 2.03. The molecular formula is C19H28FN5O2. The molecule has 0 aliphatic carbocycles. The molecule has 2 rings (SSSR count). The Balaban J connectivity index is 1.65. The van der Waals surface area contributed by atoms with Crippen molar-refractivity contribution in [1.29, 1.82) is 0 Å². The summed E-state index contributed by atoms with van der Waals surface area (Å²) >= 11 is 0. The lowest BCUT2D eigenvalue weighted by molar-refractivity contribution is 0.0698. The predicted molar refractivity (Wildman–Crippen MR) is 104 cm³/mol. The fourth-order valence-electron chi connectivity index (χ4n) is 2.39. The maximum absolute atomic E-state index is 13.0. The normalized spacial score (nSPS) is 11.6.